The van der Waals surface area contributed by atoms with E-state index in [0.717, 1.165) is 21.3 Å². The normalized spacial score (nSPS) is 12.0. The predicted octanol–water partition coefficient (Wildman–Crippen LogP) is 6.81. The molecule has 0 aliphatic heterocycles. The van der Waals surface area contributed by atoms with Gasteiger partial charge in [0.05, 0.1) is 11.3 Å². The minimum Gasteiger partial charge on any atom is -0.235 e. The van der Waals surface area contributed by atoms with E-state index in [1.54, 1.807) is 6.08 Å². The maximum absolute atomic E-state index is 9.49. The molecule has 1 heterocycles. The second-order valence-corrected chi connectivity index (χ2v) is 7.36. The predicted molar refractivity (Wildman–Crippen MR) is 109 cm³/mol. The van der Waals surface area contributed by atoms with Gasteiger partial charge in [-0.25, -0.2) is 4.98 Å². The summed E-state index contributed by atoms with van der Waals surface area (Å²) in [7, 11) is 0. The highest BCUT2D eigenvalue weighted by atomic mass is 79.9. The molecule has 0 radical (unpaired) electrons. The van der Waals surface area contributed by atoms with Crippen LogP contribution in [0, 0.1) is 11.3 Å². The van der Waals surface area contributed by atoms with Crippen molar-refractivity contribution >= 4 is 50.5 Å². The van der Waals surface area contributed by atoms with Gasteiger partial charge in [-0.1, -0.05) is 70.0 Å². The summed E-state index contributed by atoms with van der Waals surface area (Å²) in [5, 5.41) is 12.8. The van der Waals surface area contributed by atoms with E-state index in [1.807, 2.05) is 66.1 Å². The van der Waals surface area contributed by atoms with Crippen LogP contribution in [0.25, 0.3) is 22.9 Å². The van der Waals surface area contributed by atoms with Gasteiger partial charge in [-0.15, -0.1) is 11.3 Å². The Morgan fingerprint density at radius 3 is 2.52 bits per heavy atom. The molecule has 0 aliphatic rings. The first kappa shape index (κ1) is 17.6. The molecule has 122 valence electrons. The highest BCUT2D eigenvalue weighted by molar-refractivity contribution is 9.12. The van der Waals surface area contributed by atoms with E-state index in [1.165, 1.54) is 11.3 Å². The molecule has 0 spiro atoms. The molecule has 25 heavy (non-hydrogen) atoms. The zero-order valence-corrected chi connectivity index (χ0v) is 16.1. The van der Waals surface area contributed by atoms with Crippen molar-refractivity contribution in [2.24, 2.45) is 0 Å². The fourth-order valence-corrected chi connectivity index (χ4v) is 3.59. The minimum absolute atomic E-state index is 0.518. The highest BCUT2D eigenvalue weighted by Crippen LogP contribution is 2.28. The number of hydrogen-bond donors (Lipinski definition) is 0. The van der Waals surface area contributed by atoms with E-state index in [2.05, 4.69) is 27.0 Å². The van der Waals surface area contributed by atoms with Gasteiger partial charge in [-0.05, 0) is 29.8 Å². The zero-order valence-electron chi connectivity index (χ0n) is 13.0. The Bertz CT molecular complexity index is 967. The van der Waals surface area contributed by atoms with E-state index >= 15 is 0 Å². The summed E-state index contributed by atoms with van der Waals surface area (Å²) in [6, 6.07) is 19.6. The quantitative estimate of drug-likeness (QED) is 0.339. The minimum atomic E-state index is 0.518. The van der Waals surface area contributed by atoms with Crippen LogP contribution < -0.4 is 0 Å². The Kier molecular flexibility index (Phi) is 5.83. The van der Waals surface area contributed by atoms with Crippen molar-refractivity contribution in [1.29, 1.82) is 5.26 Å². The van der Waals surface area contributed by atoms with Gasteiger partial charge < -0.3 is 0 Å². The lowest BCUT2D eigenvalue weighted by molar-refractivity contribution is 1.37. The van der Waals surface area contributed by atoms with Crippen LogP contribution in [0.15, 0.2) is 70.5 Å². The van der Waals surface area contributed by atoms with E-state index in [9.17, 15) is 5.26 Å². The molecule has 2 nitrogen and oxygen atoms in total. The van der Waals surface area contributed by atoms with Gasteiger partial charge in [0.1, 0.15) is 11.1 Å². The molecule has 0 atom stereocenters. The molecule has 0 fully saturated rings. The lowest BCUT2D eigenvalue weighted by Crippen LogP contribution is -1.83. The highest BCUT2D eigenvalue weighted by Gasteiger charge is 2.09. The number of rotatable bonds is 4. The van der Waals surface area contributed by atoms with Crippen LogP contribution in [-0.4, -0.2) is 4.98 Å². The fourth-order valence-electron chi connectivity index (χ4n) is 2.18. The summed E-state index contributed by atoms with van der Waals surface area (Å²) in [6.07, 6.45) is 3.75. The Hall–Kier alpha value is -2.19. The van der Waals surface area contributed by atoms with E-state index in [4.69, 9.17) is 11.6 Å². The molecular formula is C20H12BrClN2S. The molecule has 0 unspecified atom stereocenters. The first-order chi connectivity index (χ1) is 12.2. The van der Waals surface area contributed by atoms with Crippen LogP contribution in [-0.2, 0) is 0 Å². The summed E-state index contributed by atoms with van der Waals surface area (Å²) in [5.41, 5.74) is 3.39. The van der Waals surface area contributed by atoms with Gasteiger partial charge in [0.25, 0.3) is 0 Å². The molecule has 0 bridgehead atoms. The van der Waals surface area contributed by atoms with Gasteiger partial charge in [0.15, 0.2) is 0 Å². The summed E-state index contributed by atoms with van der Waals surface area (Å²) < 4.78 is 0.818. The number of benzene rings is 2. The molecule has 0 saturated carbocycles. The van der Waals surface area contributed by atoms with Crippen molar-refractivity contribution in [3.8, 4) is 17.3 Å². The second-order valence-electron chi connectivity index (χ2n) is 5.15. The van der Waals surface area contributed by atoms with Crippen LogP contribution in [0.1, 0.15) is 10.6 Å². The number of allylic oxidation sites excluding steroid dienone is 3. The SMILES string of the molecule is N#CC(=CC(Br)=Cc1ccccc1)c1nc(-c2ccc(Cl)cc2)cs1. The van der Waals surface area contributed by atoms with E-state index < -0.39 is 0 Å². The van der Waals surface area contributed by atoms with Crippen molar-refractivity contribution in [3.63, 3.8) is 0 Å². The standard InChI is InChI=1S/C20H12BrClN2S/c21-17(10-14-4-2-1-3-5-14)11-16(12-23)20-24-19(13-25-20)15-6-8-18(22)9-7-15/h1-11,13H. The number of aromatic nitrogens is 1. The summed E-state index contributed by atoms with van der Waals surface area (Å²) in [4.78, 5) is 4.58. The summed E-state index contributed by atoms with van der Waals surface area (Å²) in [6.45, 7) is 0. The molecule has 3 aromatic rings. The third-order valence-corrected chi connectivity index (χ3v) is 4.97. The van der Waals surface area contributed by atoms with Gasteiger partial charge in [0, 0.05) is 20.4 Å². The fraction of sp³-hybridized carbons (Fsp3) is 0. The van der Waals surface area contributed by atoms with Crippen LogP contribution in [0.2, 0.25) is 5.02 Å². The maximum Gasteiger partial charge on any atom is 0.134 e. The molecule has 5 heteroatoms. The third-order valence-electron chi connectivity index (χ3n) is 3.38. The largest absolute Gasteiger partial charge is 0.235 e. The Morgan fingerprint density at radius 1 is 1.12 bits per heavy atom. The molecule has 3 rings (SSSR count). The molecule has 0 aliphatic carbocycles. The first-order valence-corrected chi connectivity index (χ1v) is 9.46. The van der Waals surface area contributed by atoms with Crippen LogP contribution in [0.5, 0.6) is 0 Å². The molecule has 1 aromatic heterocycles. The van der Waals surface area contributed by atoms with Crippen LogP contribution >= 0.6 is 38.9 Å². The summed E-state index contributed by atoms with van der Waals surface area (Å²) >= 11 is 10.9. The maximum atomic E-state index is 9.49. The van der Waals surface area contributed by atoms with Gasteiger partial charge in [-0.3, -0.25) is 0 Å². The Labute approximate surface area is 163 Å². The lowest BCUT2D eigenvalue weighted by Gasteiger charge is -1.97. The molecule has 0 N–H and O–H groups in total. The van der Waals surface area contributed by atoms with Crippen molar-refractivity contribution in [2.45, 2.75) is 0 Å². The number of thiazole rings is 1. The van der Waals surface area contributed by atoms with Gasteiger partial charge in [-0.2, -0.15) is 5.26 Å². The Morgan fingerprint density at radius 2 is 1.84 bits per heavy atom. The number of nitrogens with zero attached hydrogens (tertiary/aromatic N) is 2. The molecular weight excluding hydrogens is 416 g/mol. The molecule has 0 amide bonds. The molecule has 2 aromatic carbocycles. The van der Waals surface area contributed by atoms with Crippen molar-refractivity contribution in [1.82, 2.24) is 4.98 Å². The topological polar surface area (TPSA) is 36.7 Å². The van der Waals surface area contributed by atoms with E-state index in [-0.39, 0.29) is 0 Å². The second kappa shape index (κ2) is 8.26. The average Bonchev–Trinajstić information content (AvgIpc) is 3.11. The van der Waals surface area contributed by atoms with Crippen molar-refractivity contribution in [3.05, 3.63) is 86.1 Å². The van der Waals surface area contributed by atoms with Crippen molar-refractivity contribution in [2.75, 3.05) is 0 Å². The number of nitriles is 1. The number of hydrogen-bond acceptors (Lipinski definition) is 3. The monoisotopic (exact) mass is 426 g/mol. The summed E-state index contributed by atoms with van der Waals surface area (Å²) in [5.74, 6) is 0. The van der Waals surface area contributed by atoms with Gasteiger partial charge >= 0.3 is 0 Å². The Balaban J connectivity index is 1.88. The lowest BCUT2D eigenvalue weighted by atomic mass is 10.2. The smallest absolute Gasteiger partial charge is 0.134 e. The zero-order chi connectivity index (χ0) is 17.6. The third kappa shape index (κ3) is 4.67. The number of halogens is 2. The van der Waals surface area contributed by atoms with Crippen molar-refractivity contribution < 1.29 is 0 Å². The van der Waals surface area contributed by atoms with Crippen LogP contribution in [0.4, 0.5) is 0 Å². The van der Waals surface area contributed by atoms with Gasteiger partial charge in [0.2, 0.25) is 0 Å². The van der Waals surface area contributed by atoms with E-state index in [0.29, 0.717) is 15.6 Å². The van der Waals surface area contributed by atoms with Crippen LogP contribution in [0.3, 0.4) is 0 Å². The first-order valence-electron chi connectivity index (χ1n) is 7.41. The average molecular weight is 428 g/mol. The molecule has 0 saturated heterocycles.